The lowest BCUT2D eigenvalue weighted by Crippen LogP contribution is -2.34. The van der Waals surface area contributed by atoms with Crippen molar-refractivity contribution in [3.05, 3.63) is 35.9 Å². The topological polar surface area (TPSA) is 49.9 Å². The van der Waals surface area contributed by atoms with Gasteiger partial charge in [0.1, 0.15) is 5.75 Å². The van der Waals surface area contributed by atoms with Gasteiger partial charge in [-0.1, -0.05) is 31.2 Å². The number of hydrogen-bond donors (Lipinski definition) is 0. The van der Waals surface area contributed by atoms with Crippen molar-refractivity contribution in [2.45, 2.75) is 39.0 Å². The van der Waals surface area contributed by atoms with Crippen molar-refractivity contribution >= 4 is 40.1 Å². The van der Waals surface area contributed by atoms with Crippen molar-refractivity contribution in [3.63, 3.8) is 0 Å². The quantitative estimate of drug-likeness (QED) is 0.638. The number of hydrogen-bond acceptors (Lipinski definition) is 3. The number of anilines is 1. The maximum absolute atomic E-state index is 12.9. The summed E-state index contributed by atoms with van der Waals surface area (Å²) < 4.78 is 5.90. The average molecular weight is 415 g/mol. The van der Waals surface area contributed by atoms with Crippen LogP contribution >= 0.6 is 11.6 Å². The predicted octanol–water partition coefficient (Wildman–Crippen LogP) is 5.15. The van der Waals surface area contributed by atoms with Crippen LogP contribution in [0.2, 0.25) is 0 Å². The van der Waals surface area contributed by atoms with Crippen molar-refractivity contribution in [3.8, 4) is 5.75 Å². The highest BCUT2D eigenvalue weighted by Crippen LogP contribution is 2.45. The smallest absolute Gasteiger partial charge is 0.409 e. The minimum Gasteiger partial charge on any atom is -0.409 e. The number of carbonyl (C=O) groups is 2. The van der Waals surface area contributed by atoms with Crippen LogP contribution in [-0.2, 0) is 4.79 Å². The first-order valence-corrected chi connectivity index (χ1v) is 10.9. The van der Waals surface area contributed by atoms with Crippen molar-refractivity contribution in [1.82, 2.24) is 4.90 Å². The Hall–Kier alpha value is -2.27. The molecule has 5 nitrogen and oxygen atoms in total. The molecule has 2 aromatic rings. The van der Waals surface area contributed by atoms with Crippen LogP contribution in [0.25, 0.3) is 10.8 Å². The molecule has 2 aliphatic heterocycles. The maximum atomic E-state index is 12.9. The molecule has 1 unspecified atom stereocenters. The summed E-state index contributed by atoms with van der Waals surface area (Å²) in [6.07, 6.45) is 2.82. The number of halogens is 1. The summed E-state index contributed by atoms with van der Waals surface area (Å²) in [5.74, 6) is 1.60. The Kier molecular flexibility index (Phi) is 5.68. The summed E-state index contributed by atoms with van der Waals surface area (Å²) >= 11 is 6.23. The Bertz CT molecular complexity index is 945. The number of nitrogens with zero attached hydrogens (tertiary/aromatic N) is 2. The molecule has 2 aliphatic rings. The molecule has 0 aliphatic carbocycles. The number of fused-ring (bicyclic) bond motifs is 3. The molecule has 0 aromatic heterocycles. The van der Waals surface area contributed by atoms with E-state index in [0.29, 0.717) is 24.1 Å². The van der Waals surface area contributed by atoms with Crippen LogP contribution in [0.1, 0.15) is 44.6 Å². The summed E-state index contributed by atoms with van der Waals surface area (Å²) in [6.45, 7) is 5.78. The standard InChI is InChI=1S/C23H27ClN2O3/c1-15-6-5-10-25(11-9-15)23(28)29-21-12-20-22(19-8-4-3-7-18(19)21)17(13-24)14-26(20)16(2)27/h3-4,7-8,12,15,17H,5-6,9-11,13-14H2,1-2H3/t15?,17-/m1/s1. The Morgan fingerprint density at radius 1 is 1.17 bits per heavy atom. The largest absolute Gasteiger partial charge is 0.415 e. The number of likely N-dealkylation sites (tertiary alicyclic amines) is 1. The van der Waals surface area contributed by atoms with E-state index in [1.165, 1.54) is 0 Å². The summed E-state index contributed by atoms with van der Waals surface area (Å²) in [6, 6.07) is 9.72. The highest BCUT2D eigenvalue weighted by Gasteiger charge is 2.33. The Morgan fingerprint density at radius 3 is 2.66 bits per heavy atom. The van der Waals surface area contributed by atoms with Crippen LogP contribution in [0, 0.1) is 5.92 Å². The van der Waals surface area contributed by atoms with E-state index in [4.69, 9.17) is 16.3 Å². The van der Waals surface area contributed by atoms with Gasteiger partial charge >= 0.3 is 6.09 Å². The van der Waals surface area contributed by atoms with Crippen LogP contribution in [-0.4, -0.2) is 42.4 Å². The summed E-state index contributed by atoms with van der Waals surface area (Å²) in [5, 5.41) is 1.87. The molecule has 4 rings (SSSR count). The van der Waals surface area contributed by atoms with E-state index < -0.39 is 0 Å². The van der Waals surface area contributed by atoms with Crippen molar-refractivity contribution < 1.29 is 14.3 Å². The summed E-state index contributed by atoms with van der Waals surface area (Å²) in [5.41, 5.74) is 1.86. The van der Waals surface area contributed by atoms with Gasteiger partial charge in [-0.25, -0.2) is 4.79 Å². The molecule has 2 heterocycles. The molecule has 0 N–H and O–H groups in total. The monoisotopic (exact) mass is 414 g/mol. The van der Waals surface area contributed by atoms with Crippen molar-refractivity contribution in [2.24, 2.45) is 5.92 Å². The lowest BCUT2D eigenvalue weighted by molar-refractivity contribution is -0.116. The van der Waals surface area contributed by atoms with E-state index in [2.05, 4.69) is 6.92 Å². The predicted molar refractivity (Wildman–Crippen MR) is 116 cm³/mol. The zero-order valence-electron chi connectivity index (χ0n) is 17.0. The van der Waals surface area contributed by atoms with Crippen LogP contribution in [0.4, 0.5) is 10.5 Å². The zero-order valence-corrected chi connectivity index (χ0v) is 17.7. The second kappa shape index (κ2) is 8.23. The van der Waals surface area contributed by atoms with Crippen molar-refractivity contribution in [1.29, 1.82) is 0 Å². The third-order valence-corrected chi connectivity index (χ3v) is 6.54. The molecule has 1 fully saturated rings. The molecule has 0 spiro atoms. The van der Waals surface area contributed by atoms with E-state index in [1.807, 2.05) is 30.3 Å². The van der Waals surface area contributed by atoms with E-state index in [1.54, 1.807) is 16.7 Å². The highest BCUT2D eigenvalue weighted by molar-refractivity contribution is 6.19. The molecule has 0 bridgehead atoms. The van der Waals surface area contributed by atoms with E-state index in [-0.39, 0.29) is 17.9 Å². The molecule has 1 saturated heterocycles. The van der Waals surface area contributed by atoms with Gasteiger partial charge in [0.2, 0.25) is 5.91 Å². The molecule has 2 atom stereocenters. The van der Waals surface area contributed by atoms with Crippen LogP contribution in [0.3, 0.4) is 0 Å². The van der Waals surface area contributed by atoms with Crippen molar-refractivity contribution in [2.75, 3.05) is 30.4 Å². The molecular formula is C23H27ClN2O3. The van der Waals surface area contributed by atoms with E-state index in [0.717, 1.165) is 54.4 Å². The third kappa shape index (κ3) is 3.80. The maximum Gasteiger partial charge on any atom is 0.415 e. The number of carbonyl (C=O) groups excluding carboxylic acids is 2. The third-order valence-electron chi connectivity index (χ3n) is 6.17. The molecule has 154 valence electrons. The molecule has 2 aromatic carbocycles. The molecule has 0 radical (unpaired) electrons. The molecule has 6 heteroatoms. The minimum atomic E-state index is -0.314. The number of benzene rings is 2. The molecular weight excluding hydrogens is 388 g/mol. The number of amides is 2. The first-order valence-electron chi connectivity index (χ1n) is 10.4. The number of alkyl halides is 1. The minimum absolute atomic E-state index is 0.0343. The molecule has 2 amide bonds. The van der Waals surface area contributed by atoms with Gasteiger partial charge in [0.25, 0.3) is 0 Å². The SMILES string of the molecule is CC(=O)N1C[C@@H](CCl)c2c1cc(OC(=O)N1CCCC(C)CC1)c1ccccc21. The Balaban J connectivity index is 1.73. The first kappa shape index (κ1) is 20.0. The van der Waals surface area contributed by atoms with E-state index >= 15 is 0 Å². The van der Waals surface area contributed by atoms with Gasteiger partial charge in [0, 0.05) is 49.8 Å². The fraction of sp³-hybridized carbons (Fsp3) is 0.478. The normalized spacial score (nSPS) is 21.8. The molecule has 29 heavy (non-hydrogen) atoms. The van der Waals surface area contributed by atoms with Gasteiger partial charge < -0.3 is 14.5 Å². The Labute approximate surface area is 176 Å². The van der Waals surface area contributed by atoms with Gasteiger partial charge in [0.05, 0.1) is 5.69 Å². The summed E-state index contributed by atoms with van der Waals surface area (Å²) in [4.78, 5) is 28.7. The van der Waals surface area contributed by atoms with Crippen LogP contribution in [0.5, 0.6) is 5.75 Å². The highest BCUT2D eigenvalue weighted by atomic mass is 35.5. The fourth-order valence-electron chi connectivity index (χ4n) is 4.53. The number of rotatable bonds is 2. The zero-order chi connectivity index (χ0) is 20.5. The van der Waals surface area contributed by atoms with E-state index in [9.17, 15) is 9.59 Å². The van der Waals surface area contributed by atoms with Gasteiger partial charge in [-0.3, -0.25) is 4.79 Å². The van der Waals surface area contributed by atoms with Gasteiger partial charge in [-0.15, -0.1) is 11.6 Å². The summed E-state index contributed by atoms with van der Waals surface area (Å²) in [7, 11) is 0. The lowest BCUT2D eigenvalue weighted by Gasteiger charge is -2.22. The fourth-order valence-corrected chi connectivity index (χ4v) is 4.78. The van der Waals surface area contributed by atoms with Crippen LogP contribution < -0.4 is 9.64 Å². The second-order valence-electron chi connectivity index (χ2n) is 8.23. The van der Waals surface area contributed by atoms with Gasteiger partial charge in [0.15, 0.2) is 0 Å². The van der Waals surface area contributed by atoms with Gasteiger partial charge in [-0.05, 0) is 36.1 Å². The number of ether oxygens (including phenoxy) is 1. The van der Waals surface area contributed by atoms with Gasteiger partial charge in [-0.2, -0.15) is 0 Å². The second-order valence-corrected chi connectivity index (χ2v) is 8.53. The first-order chi connectivity index (χ1) is 14.0. The molecule has 0 saturated carbocycles. The average Bonchev–Trinajstić information content (AvgIpc) is 2.95. The van der Waals surface area contributed by atoms with Crippen LogP contribution in [0.15, 0.2) is 30.3 Å². The lowest BCUT2D eigenvalue weighted by atomic mass is 9.95. The Morgan fingerprint density at radius 2 is 1.93 bits per heavy atom.